The van der Waals surface area contributed by atoms with Gasteiger partial charge in [-0.15, -0.1) is 0 Å². The number of carbonyl (C=O) groups is 1. The maximum Gasteiger partial charge on any atom is 0.256 e. The summed E-state index contributed by atoms with van der Waals surface area (Å²) in [5.41, 5.74) is 2.55. The number of hydrogen-bond donors (Lipinski definition) is 1. The molecule has 1 N–H and O–H groups in total. The predicted octanol–water partition coefficient (Wildman–Crippen LogP) is 3.51. The molecule has 0 spiro atoms. The molecule has 0 saturated heterocycles. The second kappa shape index (κ2) is 7.74. The van der Waals surface area contributed by atoms with E-state index in [2.05, 4.69) is 10.4 Å². The Kier molecular flexibility index (Phi) is 5.22. The molecule has 0 radical (unpaired) electrons. The first-order chi connectivity index (χ1) is 12.6. The van der Waals surface area contributed by atoms with Gasteiger partial charge in [0.1, 0.15) is 5.82 Å². The molecule has 0 bridgehead atoms. The number of carbonyl (C=O) groups excluding carboxylic acids is 1. The number of rotatable bonds is 6. The summed E-state index contributed by atoms with van der Waals surface area (Å²) in [7, 11) is 3.20. The van der Waals surface area contributed by atoms with Gasteiger partial charge in [-0.1, -0.05) is 29.8 Å². The first kappa shape index (κ1) is 17.5. The van der Waals surface area contributed by atoms with Crippen LogP contribution in [0.25, 0.3) is 0 Å². The number of anilines is 1. The topological polar surface area (TPSA) is 65.4 Å². The van der Waals surface area contributed by atoms with Crippen molar-refractivity contribution in [1.29, 1.82) is 0 Å². The van der Waals surface area contributed by atoms with Crippen LogP contribution in [0.4, 0.5) is 5.82 Å². The Balaban J connectivity index is 1.82. The van der Waals surface area contributed by atoms with E-state index in [1.807, 2.05) is 43.3 Å². The first-order valence-corrected chi connectivity index (χ1v) is 8.22. The molecular weight excluding hydrogens is 330 g/mol. The molecule has 0 aliphatic rings. The average Bonchev–Trinajstić information content (AvgIpc) is 3.08. The molecule has 2 aromatic carbocycles. The Hall–Kier alpha value is -3.28. The number of hydrogen-bond acceptors (Lipinski definition) is 4. The fraction of sp³-hybridized carbons (Fsp3) is 0.200. The molecule has 6 nitrogen and oxygen atoms in total. The van der Waals surface area contributed by atoms with Gasteiger partial charge in [0.15, 0.2) is 11.5 Å². The van der Waals surface area contributed by atoms with Gasteiger partial charge in [-0.3, -0.25) is 4.79 Å². The van der Waals surface area contributed by atoms with Gasteiger partial charge in [-0.2, -0.15) is 5.10 Å². The molecule has 6 heteroatoms. The Morgan fingerprint density at radius 2 is 1.92 bits per heavy atom. The van der Waals surface area contributed by atoms with Crippen LogP contribution in [0.15, 0.2) is 54.7 Å². The first-order valence-electron chi connectivity index (χ1n) is 8.22. The quantitative estimate of drug-likeness (QED) is 0.738. The van der Waals surface area contributed by atoms with Crippen LogP contribution in [0, 0.1) is 6.92 Å². The van der Waals surface area contributed by atoms with E-state index < -0.39 is 0 Å². The second-order valence-electron chi connectivity index (χ2n) is 5.85. The highest BCUT2D eigenvalue weighted by molar-refractivity contribution is 6.03. The van der Waals surface area contributed by atoms with Crippen LogP contribution >= 0.6 is 0 Å². The van der Waals surface area contributed by atoms with Gasteiger partial charge in [-0.25, -0.2) is 4.68 Å². The van der Waals surface area contributed by atoms with Crippen molar-refractivity contribution in [2.75, 3.05) is 19.5 Å². The van der Waals surface area contributed by atoms with E-state index >= 15 is 0 Å². The van der Waals surface area contributed by atoms with Crippen LogP contribution < -0.4 is 14.8 Å². The van der Waals surface area contributed by atoms with E-state index in [0.29, 0.717) is 29.4 Å². The summed E-state index contributed by atoms with van der Waals surface area (Å²) in [5.74, 6) is 1.75. The van der Waals surface area contributed by atoms with Crippen molar-refractivity contribution in [2.45, 2.75) is 13.5 Å². The number of nitrogens with zero attached hydrogens (tertiary/aromatic N) is 2. The minimum atomic E-state index is -0.173. The van der Waals surface area contributed by atoms with Gasteiger partial charge in [0.25, 0.3) is 5.91 Å². The van der Waals surface area contributed by atoms with E-state index in [0.717, 1.165) is 11.1 Å². The third kappa shape index (κ3) is 3.69. The number of aromatic nitrogens is 2. The van der Waals surface area contributed by atoms with Crippen LogP contribution in [0.1, 0.15) is 21.5 Å². The number of ether oxygens (including phenoxy) is 2. The number of nitrogens with one attached hydrogen (secondary N) is 1. The average molecular weight is 351 g/mol. The van der Waals surface area contributed by atoms with Gasteiger partial charge in [0.2, 0.25) is 0 Å². The number of benzene rings is 2. The summed E-state index contributed by atoms with van der Waals surface area (Å²) >= 11 is 0. The third-order valence-electron chi connectivity index (χ3n) is 4.04. The zero-order chi connectivity index (χ0) is 18.5. The van der Waals surface area contributed by atoms with Crippen LogP contribution in [-0.2, 0) is 6.54 Å². The number of amides is 1. The molecule has 3 aromatic rings. The summed E-state index contributed by atoms with van der Waals surface area (Å²) in [5, 5.41) is 7.22. The van der Waals surface area contributed by atoms with Crippen molar-refractivity contribution in [1.82, 2.24) is 9.78 Å². The Labute approximate surface area is 152 Å². The second-order valence-corrected chi connectivity index (χ2v) is 5.85. The van der Waals surface area contributed by atoms with Crippen LogP contribution in [0.3, 0.4) is 0 Å². The van der Waals surface area contributed by atoms with Gasteiger partial charge >= 0.3 is 0 Å². The smallest absolute Gasteiger partial charge is 0.256 e. The normalized spacial score (nSPS) is 10.4. The molecule has 0 aliphatic carbocycles. The molecule has 0 saturated carbocycles. The summed E-state index contributed by atoms with van der Waals surface area (Å²) in [6.45, 7) is 2.40. The van der Waals surface area contributed by atoms with Crippen molar-refractivity contribution in [3.8, 4) is 11.5 Å². The highest BCUT2D eigenvalue weighted by Crippen LogP contribution is 2.31. The van der Waals surface area contributed by atoms with Crippen LogP contribution in [-0.4, -0.2) is 29.9 Å². The molecular formula is C20H21N3O3. The van der Waals surface area contributed by atoms with Crippen molar-refractivity contribution in [3.63, 3.8) is 0 Å². The molecule has 0 fully saturated rings. The zero-order valence-electron chi connectivity index (χ0n) is 15.0. The third-order valence-corrected chi connectivity index (χ3v) is 4.04. The largest absolute Gasteiger partial charge is 0.493 e. The Morgan fingerprint density at radius 3 is 2.65 bits per heavy atom. The molecule has 26 heavy (non-hydrogen) atoms. The lowest BCUT2D eigenvalue weighted by atomic mass is 10.1. The minimum absolute atomic E-state index is 0.173. The van der Waals surface area contributed by atoms with Crippen LogP contribution in [0.5, 0.6) is 11.5 Å². The Morgan fingerprint density at radius 1 is 1.12 bits per heavy atom. The van der Waals surface area contributed by atoms with Crippen molar-refractivity contribution in [3.05, 3.63) is 71.4 Å². The highest BCUT2D eigenvalue weighted by atomic mass is 16.5. The molecule has 0 unspecified atom stereocenters. The van der Waals surface area contributed by atoms with Gasteiger partial charge in [0.05, 0.1) is 27.0 Å². The molecule has 1 amide bonds. The van der Waals surface area contributed by atoms with Gasteiger partial charge in [-0.05, 0) is 25.1 Å². The van der Waals surface area contributed by atoms with E-state index in [9.17, 15) is 4.79 Å². The summed E-state index contributed by atoms with van der Waals surface area (Å²) in [6.07, 6.45) is 1.65. The van der Waals surface area contributed by atoms with E-state index in [4.69, 9.17) is 9.47 Å². The van der Waals surface area contributed by atoms with Gasteiger partial charge < -0.3 is 14.8 Å². The maximum atomic E-state index is 12.5. The molecule has 0 aliphatic heterocycles. The van der Waals surface area contributed by atoms with Crippen molar-refractivity contribution in [2.24, 2.45) is 0 Å². The number of aryl methyl sites for hydroxylation is 1. The van der Waals surface area contributed by atoms with Gasteiger partial charge in [0, 0.05) is 17.2 Å². The lowest BCUT2D eigenvalue weighted by Gasteiger charge is -2.14. The fourth-order valence-corrected chi connectivity index (χ4v) is 2.78. The summed E-state index contributed by atoms with van der Waals surface area (Å²) < 4.78 is 12.5. The molecule has 0 atom stereocenters. The standard InChI is InChI=1S/C20H21N3O3/c1-14-6-4-7-15(12-14)20(24)22-18-10-11-21-23(18)13-16-8-5-9-17(25-2)19(16)26-3/h4-12H,13H2,1-3H3,(H,22,24). The van der Waals surface area contributed by atoms with Crippen molar-refractivity contribution >= 4 is 11.7 Å². The summed E-state index contributed by atoms with van der Waals surface area (Å²) in [4.78, 5) is 12.5. The fourth-order valence-electron chi connectivity index (χ4n) is 2.78. The van der Waals surface area contributed by atoms with E-state index in [-0.39, 0.29) is 5.91 Å². The maximum absolute atomic E-state index is 12.5. The Bertz CT molecular complexity index is 918. The highest BCUT2D eigenvalue weighted by Gasteiger charge is 2.14. The monoisotopic (exact) mass is 351 g/mol. The molecule has 134 valence electrons. The van der Waals surface area contributed by atoms with Crippen molar-refractivity contribution < 1.29 is 14.3 Å². The van der Waals surface area contributed by atoms with E-state index in [1.165, 1.54) is 0 Å². The summed E-state index contributed by atoms with van der Waals surface area (Å²) in [6, 6.07) is 14.9. The molecule has 1 aromatic heterocycles. The number of para-hydroxylation sites is 1. The zero-order valence-corrected chi connectivity index (χ0v) is 15.0. The minimum Gasteiger partial charge on any atom is -0.493 e. The van der Waals surface area contributed by atoms with E-state index in [1.54, 1.807) is 37.2 Å². The molecule has 3 rings (SSSR count). The SMILES string of the molecule is COc1cccc(Cn2nccc2NC(=O)c2cccc(C)c2)c1OC. The molecule has 1 heterocycles. The predicted molar refractivity (Wildman–Crippen MR) is 100 cm³/mol. The lowest BCUT2D eigenvalue weighted by Crippen LogP contribution is -2.16. The van der Waals surface area contributed by atoms with Crippen LogP contribution in [0.2, 0.25) is 0 Å². The lowest BCUT2D eigenvalue weighted by molar-refractivity contribution is 0.102. The number of methoxy groups -OCH3 is 2.